The van der Waals surface area contributed by atoms with Crippen LogP contribution < -0.4 is 11.1 Å². The number of aromatic nitrogens is 2. The minimum absolute atomic E-state index is 0.249. The molecule has 23 heavy (non-hydrogen) atoms. The van der Waals surface area contributed by atoms with Crippen molar-refractivity contribution in [3.63, 3.8) is 0 Å². The number of rotatable bonds is 5. The first-order valence-corrected chi connectivity index (χ1v) is 7.42. The lowest BCUT2D eigenvalue weighted by Gasteiger charge is -2.09. The predicted molar refractivity (Wildman–Crippen MR) is 92.2 cm³/mol. The van der Waals surface area contributed by atoms with Crippen molar-refractivity contribution in [2.45, 2.75) is 6.42 Å². The van der Waals surface area contributed by atoms with E-state index in [1.54, 1.807) is 12.1 Å². The maximum atomic E-state index is 9.28. The first kappa shape index (κ1) is 14.8. The van der Waals surface area contributed by atoms with Crippen LogP contribution in [0.15, 0.2) is 60.7 Å². The molecule has 0 aliphatic carbocycles. The first-order valence-electron chi connectivity index (χ1n) is 7.42. The number of nitrogens with two attached hydrogens (primary N) is 1. The van der Waals surface area contributed by atoms with Crippen molar-refractivity contribution in [1.82, 2.24) is 9.97 Å². The highest BCUT2D eigenvalue weighted by atomic mass is 16.3. The molecule has 4 N–H and O–H groups in total. The number of nitrogens with zero attached hydrogens (tertiary/aromatic N) is 2. The van der Waals surface area contributed by atoms with Gasteiger partial charge < -0.3 is 16.2 Å². The Balaban J connectivity index is 1.68. The van der Waals surface area contributed by atoms with Crippen molar-refractivity contribution in [2.24, 2.45) is 0 Å². The topological polar surface area (TPSA) is 84.1 Å². The Bertz CT molecular complexity index is 773. The van der Waals surface area contributed by atoms with E-state index in [9.17, 15) is 5.11 Å². The maximum Gasteiger partial charge on any atom is 0.222 e. The third kappa shape index (κ3) is 3.97. The van der Waals surface area contributed by atoms with Crippen LogP contribution in [-0.2, 0) is 6.42 Å². The minimum atomic E-state index is 0.249. The Morgan fingerprint density at radius 2 is 1.70 bits per heavy atom. The van der Waals surface area contributed by atoms with Gasteiger partial charge in [0.25, 0.3) is 0 Å². The van der Waals surface area contributed by atoms with Crippen LogP contribution >= 0.6 is 0 Å². The van der Waals surface area contributed by atoms with Gasteiger partial charge in [-0.15, -0.1) is 0 Å². The molecule has 1 aromatic heterocycles. The molecule has 0 aliphatic rings. The summed E-state index contributed by atoms with van der Waals surface area (Å²) in [5.41, 5.74) is 8.75. The lowest BCUT2D eigenvalue weighted by Crippen LogP contribution is -2.08. The quantitative estimate of drug-likeness (QED) is 0.674. The van der Waals surface area contributed by atoms with E-state index in [4.69, 9.17) is 5.73 Å². The van der Waals surface area contributed by atoms with Gasteiger partial charge in [0.1, 0.15) is 11.6 Å². The van der Waals surface area contributed by atoms with Crippen LogP contribution in [0, 0.1) is 0 Å². The molecule has 116 valence electrons. The molecular weight excluding hydrogens is 288 g/mol. The monoisotopic (exact) mass is 306 g/mol. The van der Waals surface area contributed by atoms with Gasteiger partial charge in [-0.1, -0.05) is 42.5 Å². The van der Waals surface area contributed by atoms with Crippen molar-refractivity contribution in [3.05, 3.63) is 66.2 Å². The summed E-state index contributed by atoms with van der Waals surface area (Å²) in [6.45, 7) is 0.718. The van der Waals surface area contributed by atoms with Crippen LogP contribution in [0.3, 0.4) is 0 Å². The molecule has 0 saturated carbocycles. The molecule has 0 unspecified atom stereocenters. The fourth-order valence-electron chi connectivity index (χ4n) is 2.31. The van der Waals surface area contributed by atoms with E-state index in [2.05, 4.69) is 15.3 Å². The van der Waals surface area contributed by atoms with Gasteiger partial charge in [-0.25, -0.2) is 4.98 Å². The third-order valence-electron chi connectivity index (χ3n) is 3.47. The number of anilines is 2. The molecule has 0 fully saturated rings. The van der Waals surface area contributed by atoms with Gasteiger partial charge in [-0.3, -0.25) is 0 Å². The summed E-state index contributed by atoms with van der Waals surface area (Å²) in [4.78, 5) is 8.50. The van der Waals surface area contributed by atoms with E-state index in [1.165, 1.54) is 0 Å². The Hall–Kier alpha value is -3.08. The van der Waals surface area contributed by atoms with Crippen LogP contribution in [0.25, 0.3) is 11.3 Å². The molecule has 0 aliphatic heterocycles. The van der Waals surface area contributed by atoms with Gasteiger partial charge in [0.05, 0.1) is 5.69 Å². The smallest absolute Gasteiger partial charge is 0.222 e. The van der Waals surface area contributed by atoms with Crippen LogP contribution in [0.4, 0.5) is 11.8 Å². The Labute approximate surface area is 134 Å². The zero-order valence-electron chi connectivity index (χ0n) is 12.6. The standard InChI is InChI=1S/C18H18N4O/c19-18-21-16(14-4-2-1-3-5-14)12-17(22-18)20-11-10-13-6-8-15(23)9-7-13/h1-9,12,23H,10-11H2,(H3,19,20,21,22). The van der Waals surface area contributed by atoms with E-state index in [0.717, 1.165) is 29.8 Å². The first-order chi connectivity index (χ1) is 11.2. The predicted octanol–water partition coefficient (Wildman–Crippen LogP) is 3.09. The van der Waals surface area contributed by atoms with Crippen molar-refractivity contribution >= 4 is 11.8 Å². The largest absolute Gasteiger partial charge is 0.508 e. The highest BCUT2D eigenvalue weighted by Crippen LogP contribution is 2.20. The molecule has 3 aromatic rings. The van der Waals surface area contributed by atoms with E-state index in [-0.39, 0.29) is 11.7 Å². The molecule has 0 radical (unpaired) electrons. The zero-order valence-corrected chi connectivity index (χ0v) is 12.6. The van der Waals surface area contributed by atoms with E-state index < -0.39 is 0 Å². The molecule has 2 aromatic carbocycles. The number of phenolic OH excluding ortho intramolecular Hbond substituents is 1. The SMILES string of the molecule is Nc1nc(NCCc2ccc(O)cc2)cc(-c2ccccc2)n1. The highest BCUT2D eigenvalue weighted by Gasteiger charge is 2.04. The summed E-state index contributed by atoms with van der Waals surface area (Å²) in [5.74, 6) is 1.23. The minimum Gasteiger partial charge on any atom is -0.508 e. The van der Waals surface area contributed by atoms with Crippen LogP contribution in [0.2, 0.25) is 0 Å². The normalized spacial score (nSPS) is 10.4. The molecule has 0 bridgehead atoms. The fourth-order valence-corrected chi connectivity index (χ4v) is 2.31. The van der Waals surface area contributed by atoms with Gasteiger partial charge in [0.15, 0.2) is 0 Å². The molecule has 0 spiro atoms. The number of hydrogen-bond acceptors (Lipinski definition) is 5. The van der Waals surface area contributed by atoms with Gasteiger partial charge in [0, 0.05) is 18.2 Å². The molecule has 0 amide bonds. The zero-order chi connectivity index (χ0) is 16.1. The Morgan fingerprint density at radius 3 is 2.43 bits per heavy atom. The lowest BCUT2D eigenvalue weighted by molar-refractivity contribution is 0.475. The number of benzene rings is 2. The molecule has 5 heteroatoms. The van der Waals surface area contributed by atoms with E-state index >= 15 is 0 Å². The fraction of sp³-hybridized carbons (Fsp3) is 0.111. The second kappa shape index (κ2) is 6.79. The van der Waals surface area contributed by atoms with Crippen LogP contribution in [0.1, 0.15) is 5.56 Å². The number of nitrogens with one attached hydrogen (secondary N) is 1. The Kier molecular flexibility index (Phi) is 4.38. The van der Waals surface area contributed by atoms with Crippen molar-refractivity contribution in [2.75, 3.05) is 17.6 Å². The summed E-state index contributed by atoms with van der Waals surface area (Å²) >= 11 is 0. The average molecular weight is 306 g/mol. The summed E-state index contributed by atoms with van der Waals surface area (Å²) in [6.07, 6.45) is 0.824. The lowest BCUT2D eigenvalue weighted by atomic mass is 10.1. The molecule has 1 heterocycles. The van der Waals surface area contributed by atoms with Crippen molar-refractivity contribution < 1.29 is 5.11 Å². The summed E-state index contributed by atoms with van der Waals surface area (Å²) in [7, 11) is 0. The highest BCUT2D eigenvalue weighted by molar-refractivity contribution is 5.63. The molecule has 0 saturated heterocycles. The Morgan fingerprint density at radius 1 is 0.957 bits per heavy atom. The second-order valence-electron chi connectivity index (χ2n) is 5.21. The molecular formula is C18H18N4O. The summed E-state index contributed by atoms with van der Waals surface area (Å²) < 4.78 is 0. The summed E-state index contributed by atoms with van der Waals surface area (Å²) in [5, 5.41) is 12.5. The number of phenols is 1. The van der Waals surface area contributed by atoms with Gasteiger partial charge in [0.2, 0.25) is 5.95 Å². The van der Waals surface area contributed by atoms with Gasteiger partial charge >= 0.3 is 0 Å². The number of nitrogen functional groups attached to an aromatic ring is 1. The molecule has 0 atom stereocenters. The van der Waals surface area contributed by atoms with Gasteiger partial charge in [-0.2, -0.15) is 4.98 Å². The molecule has 5 nitrogen and oxygen atoms in total. The van der Waals surface area contributed by atoms with Crippen LogP contribution in [-0.4, -0.2) is 21.6 Å². The molecule has 3 rings (SSSR count). The average Bonchev–Trinajstić information content (AvgIpc) is 2.57. The van der Waals surface area contributed by atoms with E-state index in [0.29, 0.717) is 5.82 Å². The van der Waals surface area contributed by atoms with Crippen molar-refractivity contribution in [1.29, 1.82) is 0 Å². The third-order valence-corrected chi connectivity index (χ3v) is 3.47. The van der Waals surface area contributed by atoms with Gasteiger partial charge in [-0.05, 0) is 24.1 Å². The summed E-state index contributed by atoms with van der Waals surface area (Å²) in [6, 6.07) is 18.9. The number of aromatic hydroxyl groups is 1. The van der Waals surface area contributed by atoms with Crippen molar-refractivity contribution in [3.8, 4) is 17.0 Å². The number of hydrogen-bond donors (Lipinski definition) is 3. The second-order valence-corrected chi connectivity index (χ2v) is 5.21. The van der Waals surface area contributed by atoms with E-state index in [1.807, 2.05) is 48.5 Å². The maximum absolute atomic E-state index is 9.28. The van der Waals surface area contributed by atoms with Crippen LogP contribution in [0.5, 0.6) is 5.75 Å².